The first-order valence-corrected chi connectivity index (χ1v) is 7.60. The largest absolute Gasteiger partial charge is 0.366 e. The molecule has 0 aliphatic carbocycles. The molecule has 0 radical (unpaired) electrons. The predicted octanol–water partition coefficient (Wildman–Crippen LogP) is 3.94. The lowest BCUT2D eigenvalue weighted by molar-refractivity contribution is 0.516. The number of nitrogens with zero attached hydrogens (tertiary/aromatic N) is 1. The average molecular weight is 311 g/mol. The molecule has 0 spiro atoms. The maximum atomic E-state index is 3.58. The average Bonchev–Trinajstić information content (AvgIpc) is 2.66. The van der Waals surface area contributed by atoms with E-state index in [2.05, 4.69) is 65.1 Å². The summed E-state index contributed by atoms with van der Waals surface area (Å²) in [6.45, 7) is 9.97. The highest BCUT2D eigenvalue weighted by Crippen LogP contribution is 2.36. The third-order valence-corrected chi connectivity index (χ3v) is 4.29. The molecule has 1 saturated heterocycles. The number of benzene rings is 1. The van der Waals surface area contributed by atoms with Gasteiger partial charge in [0.15, 0.2) is 0 Å². The lowest BCUT2D eigenvalue weighted by atomic mass is 10.0. The fraction of sp³-hybridized carbons (Fsp3) is 0.600. The number of anilines is 1. The summed E-state index contributed by atoms with van der Waals surface area (Å²) in [5, 5.41) is 3.44. The zero-order valence-corrected chi connectivity index (χ0v) is 13.2. The summed E-state index contributed by atoms with van der Waals surface area (Å²) in [7, 11) is 0. The van der Waals surface area contributed by atoms with Gasteiger partial charge in [0.1, 0.15) is 0 Å². The van der Waals surface area contributed by atoms with Gasteiger partial charge in [-0.05, 0) is 57.0 Å². The second-order valence-corrected chi connectivity index (χ2v) is 6.54. The summed E-state index contributed by atoms with van der Waals surface area (Å²) in [4.78, 5) is 2.56. The highest BCUT2D eigenvalue weighted by molar-refractivity contribution is 9.10. The fourth-order valence-corrected chi connectivity index (χ4v) is 3.18. The zero-order chi connectivity index (χ0) is 13.2. The minimum Gasteiger partial charge on any atom is -0.366 e. The topological polar surface area (TPSA) is 15.3 Å². The van der Waals surface area contributed by atoms with Crippen LogP contribution in [0.15, 0.2) is 22.7 Å². The minimum atomic E-state index is 0.287. The maximum absolute atomic E-state index is 3.58. The Morgan fingerprint density at radius 1 is 1.39 bits per heavy atom. The van der Waals surface area contributed by atoms with Crippen molar-refractivity contribution >= 4 is 21.6 Å². The van der Waals surface area contributed by atoms with Crippen molar-refractivity contribution in [2.75, 3.05) is 18.0 Å². The number of nitrogens with one attached hydrogen (secondary N) is 1. The quantitative estimate of drug-likeness (QED) is 0.906. The Balaban J connectivity index is 2.31. The zero-order valence-electron chi connectivity index (χ0n) is 11.6. The van der Waals surface area contributed by atoms with Gasteiger partial charge in [-0.25, -0.2) is 0 Å². The van der Waals surface area contributed by atoms with E-state index >= 15 is 0 Å². The standard InChI is InChI=1S/C15H23BrN2/c1-4-17-11-12-10-13(16)6-7-14(12)18-9-5-8-15(18,2)3/h6-7,10,17H,4-5,8-9,11H2,1-3H3. The summed E-state index contributed by atoms with van der Waals surface area (Å²) in [6.07, 6.45) is 2.58. The van der Waals surface area contributed by atoms with Crippen LogP contribution in [-0.2, 0) is 6.54 Å². The van der Waals surface area contributed by atoms with Crippen LogP contribution in [0.2, 0.25) is 0 Å². The van der Waals surface area contributed by atoms with E-state index in [4.69, 9.17) is 0 Å². The van der Waals surface area contributed by atoms with Gasteiger partial charge in [-0.1, -0.05) is 22.9 Å². The van der Waals surface area contributed by atoms with Gasteiger partial charge in [0.05, 0.1) is 0 Å². The molecule has 0 amide bonds. The molecule has 1 N–H and O–H groups in total. The van der Waals surface area contributed by atoms with Gasteiger partial charge in [0.25, 0.3) is 0 Å². The molecule has 18 heavy (non-hydrogen) atoms. The van der Waals surface area contributed by atoms with Crippen molar-refractivity contribution < 1.29 is 0 Å². The van der Waals surface area contributed by atoms with Crippen molar-refractivity contribution in [1.29, 1.82) is 0 Å². The first-order valence-electron chi connectivity index (χ1n) is 6.81. The highest BCUT2D eigenvalue weighted by atomic mass is 79.9. The second kappa shape index (κ2) is 5.62. The molecular weight excluding hydrogens is 288 g/mol. The third kappa shape index (κ3) is 2.89. The molecule has 1 fully saturated rings. The van der Waals surface area contributed by atoms with E-state index in [0.717, 1.165) is 17.6 Å². The summed E-state index contributed by atoms with van der Waals surface area (Å²) in [5.74, 6) is 0. The van der Waals surface area contributed by atoms with Gasteiger partial charge in [-0.2, -0.15) is 0 Å². The Kier molecular flexibility index (Phi) is 4.33. The van der Waals surface area contributed by atoms with E-state index in [1.54, 1.807) is 0 Å². The Hall–Kier alpha value is -0.540. The van der Waals surface area contributed by atoms with Crippen molar-refractivity contribution in [3.63, 3.8) is 0 Å². The normalized spacial score (nSPS) is 18.3. The van der Waals surface area contributed by atoms with Crippen LogP contribution in [0, 0.1) is 0 Å². The fourth-order valence-electron chi connectivity index (χ4n) is 2.77. The summed E-state index contributed by atoms with van der Waals surface area (Å²) in [6, 6.07) is 6.65. The van der Waals surface area contributed by atoms with Gasteiger partial charge in [0.2, 0.25) is 0 Å². The lowest BCUT2D eigenvalue weighted by Gasteiger charge is -2.35. The SMILES string of the molecule is CCNCc1cc(Br)ccc1N1CCCC1(C)C. The number of rotatable bonds is 4. The van der Waals surface area contributed by atoms with Crippen LogP contribution in [0.4, 0.5) is 5.69 Å². The molecule has 2 rings (SSSR count). The molecule has 1 heterocycles. The third-order valence-electron chi connectivity index (χ3n) is 3.80. The van der Waals surface area contributed by atoms with Crippen molar-refractivity contribution in [2.24, 2.45) is 0 Å². The van der Waals surface area contributed by atoms with Crippen LogP contribution in [0.5, 0.6) is 0 Å². The van der Waals surface area contributed by atoms with Crippen LogP contribution in [0.3, 0.4) is 0 Å². The lowest BCUT2D eigenvalue weighted by Crippen LogP contribution is -2.39. The van der Waals surface area contributed by atoms with Gasteiger partial charge in [-0.15, -0.1) is 0 Å². The van der Waals surface area contributed by atoms with Crippen LogP contribution >= 0.6 is 15.9 Å². The molecule has 0 saturated carbocycles. The minimum absolute atomic E-state index is 0.287. The van der Waals surface area contributed by atoms with E-state index < -0.39 is 0 Å². The summed E-state index contributed by atoms with van der Waals surface area (Å²) < 4.78 is 1.16. The highest BCUT2D eigenvalue weighted by Gasteiger charge is 2.32. The Bertz CT molecular complexity index is 415. The Morgan fingerprint density at radius 2 is 2.17 bits per heavy atom. The maximum Gasteiger partial charge on any atom is 0.0417 e. The number of halogens is 1. The molecule has 1 aromatic carbocycles. The molecule has 0 bridgehead atoms. The summed E-state index contributed by atoms with van der Waals surface area (Å²) >= 11 is 3.58. The van der Waals surface area contributed by atoms with Crippen molar-refractivity contribution in [2.45, 2.75) is 45.7 Å². The molecule has 1 aliphatic rings. The van der Waals surface area contributed by atoms with Crippen LogP contribution in [-0.4, -0.2) is 18.6 Å². The van der Waals surface area contributed by atoms with Crippen molar-refractivity contribution in [3.05, 3.63) is 28.2 Å². The van der Waals surface area contributed by atoms with Gasteiger partial charge >= 0.3 is 0 Å². The van der Waals surface area contributed by atoms with Crippen LogP contribution in [0.25, 0.3) is 0 Å². The predicted molar refractivity (Wildman–Crippen MR) is 82.2 cm³/mol. The monoisotopic (exact) mass is 310 g/mol. The van der Waals surface area contributed by atoms with E-state index in [1.807, 2.05) is 0 Å². The molecule has 0 unspecified atom stereocenters. The molecule has 0 atom stereocenters. The second-order valence-electron chi connectivity index (χ2n) is 5.62. The van der Waals surface area contributed by atoms with Gasteiger partial charge < -0.3 is 10.2 Å². The molecule has 3 heteroatoms. The Morgan fingerprint density at radius 3 is 2.78 bits per heavy atom. The number of hydrogen-bond acceptors (Lipinski definition) is 2. The first kappa shape index (κ1) is 13.9. The van der Waals surface area contributed by atoms with Crippen molar-refractivity contribution in [3.8, 4) is 0 Å². The molecule has 1 aliphatic heterocycles. The van der Waals surface area contributed by atoms with Crippen LogP contribution < -0.4 is 10.2 Å². The van der Waals surface area contributed by atoms with Crippen LogP contribution in [0.1, 0.15) is 39.2 Å². The molecule has 2 nitrogen and oxygen atoms in total. The van der Waals surface area contributed by atoms with E-state index in [0.29, 0.717) is 0 Å². The molecule has 100 valence electrons. The van der Waals surface area contributed by atoms with E-state index in [-0.39, 0.29) is 5.54 Å². The van der Waals surface area contributed by atoms with Gasteiger partial charge in [-0.3, -0.25) is 0 Å². The summed E-state index contributed by atoms with van der Waals surface area (Å²) in [5.41, 5.74) is 3.07. The molecular formula is C15H23BrN2. The van der Waals surface area contributed by atoms with E-state index in [9.17, 15) is 0 Å². The van der Waals surface area contributed by atoms with E-state index in [1.165, 1.54) is 30.6 Å². The van der Waals surface area contributed by atoms with Crippen molar-refractivity contribution in [1.82, 2.24) is 5.32 Å². The smallest absolute Gasteiger partial charge is 0.0417 e. The number of hydrogen-bond donors (Lipinski definition) is 1. The first-order chi connectivity index (χ1) is 8.54. The molecule has 0 aromatic heterocycles. The van der Waals surface area contributed by atoms with Gasteiger partial charge in [0, 0.05) is 28.8 Å². The Labute approximate surface area is 119 Å². The molecule has 1 aromatic rings.